The zero-order chi connectivity index (χ0) is 18.5. The molecule has 2 amide bonds. The zero-order valence-electron chi connectivity index (χ0n) is 14.4. The number of imidazole rings is 1. The van der Waals surface area contributed by atoms with Crippen LogP contribution in [0.5, 0.6) is 0 Å². The Hall–Kier alpha value is -3.55. The Morgan fingerprint density at radius 1 is 1.04 bits per heavy atom. The Bertz CT molecular complexity index is 919. The maximum absolute atomic E-state index is 12.0. The fourth-order valence-electron chi connectivity index (χ4n) is 2.27. The molecule has 0 aliphatic rings. The van der Waals surface area contributed by atoms with E-state index in [1.807, 2.05) is 19.9 Å². The van der Waals surface area contributed by atoms with Gasteiger partial charge >= 0.3 is 0 Å². The number of rotatable bonds is 5. The van der Waals surface area contributed by atoms with E-state index in [0.717, 1.165) is 11.4 Å². The van der Waals surface area contributed by atoms with Crippen LogP contribution in [-0.4, -0.2) is 37.9 Å². The highest BCUT2D eigenvalue weighted by atomic mass is 16.2. The highest BCUT2D eigenvalue weighted by Crippen LogP contribution is 2.11. The van der Waals surface area contributed by atoms with E-state index in [1.165, 1.54) is 12.4 Å². The van der Waals surface area contributed by atoms with Crippen LogP contribution in [0.25, 0.3) is 5.95 Å². The van der Waals surface area contributed by atoms with Gasteiger partial charge in [-0.15, -0.1) is 0 Å². The topological polar surface area (TPSA) is 102 Å². The van der Waals surface area contributed by atoms with E-state index in [9.17, 15) is 9.59 Å². The maximum atomic E-state index is 12.0. The molecule has 0 radical (unpaired) electrons. The van der Waals surface area contributed by atoms with Gasteiger partial charge < -0.3 is 10.6 Å². The van der Waals surface area contributed by atoms with Gasteiger partial charge in [-0.3, -0.25) is 14.2 Å². The molecule has 0 unspecified atom stereocenters. The number of anilines is 1. The number of benzene rings is 1. The van der Waals surface area contributed by atoms with Crippen LogP contribution >= 0.6 is 0 Å². The minimum absolute atomic E-state index is 0.144. The Kier molecular flexibility index (Phi) is 5.02. The third-order valence-electron chi connectivity index (χ3n) is 3.83. The summed E-state index contributed by atoms with van der Waals surface area (Å²) >= 11 is 0. The van der Waals surface area contributed by atoms with Crippen molar-refractivity contribution in [3.8, 4) is 5.95 Å². The minimum Gasteiger partial charge on any atom is -0.343 e. The molecular formula is C18H18N6O2. The van der Waals surface area contributed by atoms with Crippen LogP contribution in [0.4, 0.5) is 5.69 Å². The summed E-state index contributed by atoms with van der Waals surface area (Å²) in [5.74, 6) is -0.197. The van der Waals surface area contributed by atoms with Gasteiger partial charge in [0.25, 0.3) is 5.91 Å². The number of aryl methyl sites for hydroxylation is 1. The van der Waals surface area contributed by atoms with Crippen LogP contribution in [0.3, 0.4) is 0 Å². The molecular weight excluding hydrogens is 332 g/mol. The number of hydrogen-bond acceptors (Lipinski definition) is 5. The summed E-state index contributed by atoms with van der Waals surface area (Å²) in [7, 11) is 0. The van der Waals surface area contributed by atoms with E-state index in [-0.39, 0.29) is 18.4 Å². The maximum Gasteiger partial charge on any atom is 0.251 e. The largest absolute Gasteiger partial charge is 0.343 e. The average molecular weight is 350 g/mol. The molecule has 8 nitrogen and oxygen atoms in total. The second-order valence-corrected chi connectivity index (χ2v) is 5.65. The summed E-state index contributed by atoms with van der Waals surface area (Å²) in [5, 5.41) is 5.21. The molecule has 0 fully saturated rings. The summed E-state index contributed by atoms with van der Waals surface area (Å²) in [6.45, 7) is 3.69. The third-order valence-corrected chi connectivity index (χ3v) is 3.83. The summed E-state index contributed by atoms with van der Waals surface area (Å²) in [5.41, 5.74) is 2.80. The number of carbonyl (C=O) groups is 2. The van der Waals surface area contributed by atoms with Crippen molar-refractivity contribution in [1.82, 2.24) is 24.8 Å². The van der Waals surface area contributed by atoms with Crippen LogP contribution in [0.15, 0.2) is 49.1 Å². The minimum atomic E-state index is -0.361. The van der Waals surface area contributed by atoms with E-state index >= 15 is 0 Å². The number of nitrogens with one attached hydrogen (secondary N) is 2. The van der Waals surface area contributed by atoms with Gasteiger partial charge in [0.2, 0.25) is 11.9 Å². The average Bonchev–Trinajstić information content (AvgIpc) is 3.00. The van der Waals surface area contributed by atoms with Crippen LogP contribution in [0.1, 0.15) is 21.7 Å². The third kappa shape index (κ3) is 3.92. The number of nitrogens with zero attached hydrogens (tertiary/aromatic N) is 4. The van der Waals surface area contributed by atoms with E-state index in [1.54, 1.807) is 35.2 Å². The smallest absolute Gasteiger partial charge is 0.251 e. The van der Waals surface area contributed by atoms with E-state index < -0.39 is 0 Å². The first-order chi connectivity index (χ1) is 12.5. The zero-order valence-corrected chi connectivity index (χ0v) is 14.4. The van der Waals surface area contributed by atoms with Crippen molar-refractivity contribution in [2.45, 2.75) is 13.8 Å². The van der Waals surface area contributed by atoms with E-state index in [4.69, 9.17) is 0 Å². The van der Waals surface area contributed by atoms with Crippen molar-refractivity contribution in [2.75, 3.05) is 11.9 Å². The van der Waals surface area contributed by atoms with Crippen molar-refractivity contribution in [3.05, 3.63) is 66.0 Å². The molecule has 2 aromatic heterocycles. The van der Waals surface area contributed by atoms with Gasteiger partial charge in [-0.2, -0.15) is 0 Å². The van der Waals surface area contributed by atoms with Gasteiger partial charge in [0, 0.05) is 11.3 Å². The van der Waals surface area contributed by atoms with Crippen LogP contribution in [-0.2, 0) is 4.79 Å². The van der Waals surface area contributed by atoms with Gasteiger partial charge in [0.05, 0.1) is 30.3 Å². The number of amides is 2. The van der Waals surface area contributed by atoms with Crippen molar-refractivity contribution < 1.29 is 9.59 Å². The molecule has 0 aliphatic carbocycles. The molecule has 132 valence electrons. The van der Waals surface area contributed by atoms with Crippen molar-refractivity contribution >= 4 is 17.5 Å². The standard InChI is InChI=1S/C18H18N6O2/c1-12-13(2)24(11-22-12)18-20-8-15(9-21-18)23-16(25)10-19-17(26)14-6-4-3-5-7-14/h3-9,11H,10H2,1-2H3,(H,19,26)(H,23,25). The van der Waals surface area contributed by atoms with Gasteiger partial charge in [-0.1, -0.05) is 18.2 Å². The van der Waals surface area contributed by atoms with Crippen molar-refractivity contribution in [3.63, 3.8) is 0 Å². The normalized spacial score (nSPS) is 10.4. The predicted octanol–water partition coefficient (Wildman–Crippen LogP) is 1.65. The van der Waals surface area contributed by atoms with Crippen molar-refractivity contribution in [1.29, 1.82) is 0 Å². The molecule has 0 atom stereocenters. The van der Waals surface area contributed by atoms with Gasteiger partial charge in [0.1, 0.15) is 6.33 Å². The summed E-state index contributed by atoms with van der Waals surface area (Å²) < 4.78 is 1.76. The molecule has 0 bridgehead atoms. The lowest BCUT2D eigenvalue weighted by atomic mass is 10.2. The fourth-order valence-corrected chi connectivity index (χ4v) is 2.27. The predicted molar refractivity (Wildman–Crippen MR) is 96.0 cm³/mol. The summed E-state index contributed by atoms with van der Waals surface area (Å²) in [6.07, 6.45) is 4.67. The molecule has 1 aromatic carbocycles. The first kappa shape index (κ1) is 17.3. The lowest BCUT2D eigenvalue weighted by Crippen LogP contribution is -2.32. The van der Waals surface area contributed by atoms with Crippen LogP contribution < -0.4 is 10.6 Å². The summed E-state index contributed by atoms with van der Waals surface area (Å²) in [4.78, 5) is 36.5. The van der Waals surface area contributed by atoms with Crippen LogP contribution in [0, 0.1) is 13.8 Å². The second-order valence-electron chi connectivity index (χ2n) is 5.65. The Balaban J connectivity index is 1.56. The SMILES string of the molecule is Cc1ncn(-c2ncc(NC(=O)CNC(=O)c3ccccc3)cn2)c1C. The monoisotopic (exact) mass is 350 g/mol. The Morgan fingerprint density at radius 3 is 2.35 bits per heavy atom. The molecule has 0 saturated carbocycles. The van der Waals surface area contributed by atoms with Crippen molar-refractivity contribution in [2.24, 2.45) is 0 Å². The van der Waals surface area contributed by atoms with Gasteiger partial charge in [0.15, 0.2) is 0 Å². The Morgan fingerprint density at radius 2 is 1.73 bits per heavy atom. The highest BCUT2D eigenvalue weighted by molar-refractivity contribution is 5.99. The fraction of sp³-hybridized carbons (Fsp3) is 0.167. The summed E-state index contributed by atoms with van der Waals surface area (Å²) in [6, 6.07) is 8.70. The quantitative estimate of drug-likeness (QED) is 0.728. The lowest BCUT2D eigenvalue weighted by Gasteiger charge is -2.08. The number of carbonyl (C=O) groups excluding carboxylic acids is 2. The van der Waals surface area contributed by atoms with E-state index in [2.05, 4.69) is 25.6 Å². The molecule has 3 rings (SSSR count). The molecule has 3 aromatic rings. The van der Waals surface area contributed by atoms with E-state index in [0.29, 0.717) is 17.2 Å². The number of aromatic nitrogens is 4. The lowest BCUT2D eigenvalue weighted by molar-refractivity contribution is -0.115. The Labute approximate surface area is 150 Å². The first-order valence-electron chi connectivity index (χ1n) is 8.00. The van der Waals surface area contributed by atoms with Gasteiger partial charge in [-0.05, 0) is 26.0 Å². The number of hydrogen-bond donors (Lipinski definition) is 2. The molecule has 0 aliphatic heterocycles. The van der Waals surface area contributed by atoms with Gasteiger partial charge in [-0.25, -0.2) is 15.0 Å². The molecule has 8 heteroatoms. The first-order valence-corrected chi connectivity index (χ1v) is 8.00. The molecule has 2 heterocycles. The highest BCUT2D eigenvalue weighted by Gasteiger charge is 2.10. The molecule has 2 N–H and O–H groups in total. The molecule has 26 heavy (non-hydrogen) atoms. The van der Waals surface area contributed by atoms with Crippen LogP contribution in [0.2, 0.25) is 0 Å². The second kappa shape index (κ2) is 7.56. The molecule has 0 spiro atoms. The molecule has 0 saturated heterocycles.